The zero-order valence-corrected chi connectivity index (χ0v) is 10.8. The molecule has 0 aromatic carbocycles. The Bertz CT molecular complexity index is 99.9. The van der Waals surface area contributed by atoms with Crippen LogP contribution in [0, 0.1) is 0 Å². The van der Waals surface area contributed by atoms with E-state index in [4.69, 9.17) is 0 Å². The SMILES string of the molecule is C[Si](C)(C)N(S)[Si](C)(C)C. The van der Waals surface area contributed by atoms with Gasteiger partial charge in [-0.15, -0.1) is 12.8 Å². The Balaban J connectivity index is 4.23. The molecule has 0 fully saturated rings. The van der Waals surface area contributed by atoms with Gasteiger partial charge in [0.25, 0.3) is 0 Å². The molecule has 0 unspecified atom stereocenters. The topological polar surface area (TPSA) is 3.24 Å². The fourth-order valence-corrected chi connectivity index (χ4v) is 9.06. The Labute approximate surface area is 72.5 Å². The van der Waals surface area contributed by atoms with Crippen LogP contribution in [0.5, 0.6) is 0 Å². The smallest absolute Gasteiger partial charge is 0.123 e. The van der Waals surface area contributed by atoms with E-state index in [-0.39, 0.29) is 0 Å². The third kappa shape index (κ3) is 3.23. The molecule has 0 rings (SSSR count). The Kier molecular flexibility index (Phi) is 3.23. The molecule has 0 aromatic heterocycles. The van der Waals surface area contributed by atoms with Gasteiger partial charge in [0.15, 0.2) is 0 Å². The third-order valence-corrected chi connectivity index (χ3v) is 11.4. The molecule has 0 atom stereocenters. The summed E-state index contributed by atoms with van der Waals surface area (Å²) in [4.78, 5) is 0. The molecule has 0 saturated carbocycles. The summed E-state index contributed by atoms with van der Waals surface area (Å²) in [7, 11) is -2.27. The molecule has 0 bridgehead atoms. The second kappa shape index (κ2) is 3.01. The minimum atomic E-state index is -1.14. The van der Waals surface area contributed by atoms with Gasteiger partial charge in [0, 0.05) is 0 Å². The van der Waals surface area contributed by atoms with E-state index >= 15 is 0 Å². The maximum atomic E-state index is 4.55. The van der Waals surface area contributed by atoms with Crippen molar-refractivity contribution in [2.75, 3.05) is 0 Å². The van der Waals surface area contributed by atoms with Crippen LogP contribution in [0.1, 0.15) is 0 Å². The minimum absolute atomic E-state index is 1.14. The molecule has 0 aliphatic rings. The molecule has 1 nitrogen and oxygen atoms in total. The van der Waals surface area contributed by atoms with Crippen LogP contribution in [0.15, 0.2) is 0 Å². The van der Waals surface area contributed by atoms with E-state index in [0.717, 1.165) is 0 Å². The fourth-order valence-electron chi connectivity index (χ4n) is 1.01. The molecule has 0 saturated heterocycles. The van der Waals surface area contributed by atoms with E-state index in [2.05, 4.69) is 55.7 Å². The molecule has 4 heteroatoms. The van der Waals surface area contributed by atoms with Crippen molar-refractivity contribution in [1.82, 2.24) is 3.64 Å². The zero-order valence-electron chi connectivity index (χ0n) is 7.89. The van der Waals surface area contributed by atoms with Crippen molar-refractivity contribution in [1.29, 1.82) is 0 Å². The number of hydrogen-bond acceptors (Lipinski definition) is 2. The summed E-state index contributed by atoms with van der Waals surface area (Å²) in [6.07, 6.45) is 0. The highest BCUT2D eigenvalue weighted by Gasteiger charge is 2.31. The lowest BCUT2D eigenvalue weighted by molar-refractivity contribution is 1.01. The Morgan fingerprint density at radius 1 is 0.800 bits per heavy atom. The van der Waals surface area contributed by atoms with Crippen molar-refractivity contribution < 1.29 is 0 Å². The highest BCUT2D eigenvalue weighted by molar-refractivity contribution is 7.81. The summed E-state index contributed by atoms with van der Waals surface area (Å²) >= 11 is 4.55. The molecule has 0 aliphatic heterocycles. The van der Waals surface area contributed by atoms with Gasteiger partial charge in [0.05, 0.1) is 0 Å². The minimum Gasteiger partial charge on any atom is -0.295 e. The van der Waals surface area contributed by atoms with Gasteiger partial charge in [-0.2, -0.15) is 0 Å². The van der Waals surface area contributed by atoms with E-state index in [1.54, 1.807) is 0 Å². The molecule has 0 spiro atoms. The van der Waals surface area contributed by atoms with E-state index in [1.807, 2.05) is 0 Å². The summed E-state index contributed by atoms with van der Waals surface area (Å²) in [5.41, 5.74) is 0. The summed E-state index contributed by atoms with van der Waals surface area (Å²) < 4.78 is 2.35. The van der Waals surface area contributed by atoms with Crippen LogP contribution in [0.25, 0.3) is 0 Å². The van der Waals surface area contributed by atoms with Gasteiger partial charge >= 0.3 is 0 Å². The van der Waals surface area contributed by atoms with Crippen LogP contribution in [-0.2, 0) is 0 Å². The average Bonchev–Trinajstić information content (AvgIpc) is 1.59. The number of nitrogens with zero attached hydrogens (tertiary/aromatic N) is 1. The molecule has 0 aliphatic carbocycles. The van der Waals surface area contributed by atoms with Crippen molar-refractivity contribution in [3.63, 3.8) is 0 Å². The highest BCUT2D eigenvalue weighted by atomic mass is 32.1. The second-order valence-electron chi connectivity index (χ2n) is 4.65. The fraction of sp³-hybridized carbons (Fsp3) is 1.00. The van der Waals surface area contributed by atoms with Gasteiger partial charge < -0.3 is 0 Å². The number of hydrogen-bond donors (Lipinski definition) is 1. The van der Waals surface area contributed by atoms with Crippen LogP contribution in [-0.4, -0.2) is 20.1 Å². The molecule has 0 radical (unpaired) electrons. The van der Waals surface area contributed by atoms with Crippen molar-refractivity contribution >= 4 is 29.3 Å². The lowest BCUT2D eigenvalue weighted by atomic mass is 11.8. The van der Waals surface area contributed by atoms with Crippen LogP contribution >= 0.6 is 12.8 Å². The molecular formula is C6H19NSSi2. The molecule has 0 aromatic rings. The first-order valence-corrected chi connectivity index (χ1v) is 10.9. The van der Waals surface area contributed by atoms with E-state index in [0.29, 0.717) is 0 Å². The maximum absolute atomic E-state index is 4.55. The first kappa shape index (κ1) is 10.7. The van der Waals surface area contributed by atoms with Crippen molar-refractivity contribution in [2.45, 2.75) is 39.3 Å². The Morgan fingerprint density at radius 3 is 1.00 bits per heavy atom. The average molecular weight is 193 g/mol. The Morgan fingerprint density at radius 2 is 1.00 bits per heavy atom. The normalized spacial score (nSPS) is 14.4. The maximum Gasteiger partial charge on any atom is 0.123 e. The first-order chi connectivity index (χ1) is 4.15. The van der Waals surface area contributed by atoms with Crippen molar-refractivity contribution in [3.8, 4) is 0 Å². The molecule has 0 heterocycles. The quantitative estimate of drug-likeness (QED) is 0.521. The lowest BCUT2D eigenvalue weighted by Gasteiger charge is -2.38. The van der Waals surface area contributed by atoms with E-state index in [9.17, 15) is 0 Å². The summed E-state index contributed by atoms with van der Waals surface area (Å²) in [5.74, 6) is 0. The monoisotopic (exact) mass is 193 g/mol. The van der Waals surface area contributed by atoms with Crippen LogP contribution < -0.4 is 0 Å². The molecule has 0 amide bonds. The third-order valence-electron chi connectivity index (χ3n) is 1.27. The lowest BCUT2D eigenvalue weighted by Crippen LogP contribution is -2.53. The zero-order chi connectivity index (χ0) is 8.58. The predicted molar refractivity (Wildman–Crippen MR) is 57.5 cm³/mol. The van der Waals surface area contributed by atoms with E-state index < -0.39 is 16.5 Å². The van der Waals surface area contributed by atoms with Crippen LogP contribution in [0.4, 0.5) is 0 Å². The van der Waals surface area contributed by atoms with Gasteiger partial charge in [0.2, 0.25) is 0 Å². The van der Waals surface area contributed by atoms with Crippen LogP contribution in [0.3, 0.4) is 0 Å². The molecular weight excluding hydrogens is 174 g/mol. The van der Waals surface area contributed by atoms with Crippen molar-refractivity contribution in [2.24, 2.45) is 0 Å². The van der Waals surface area contributed by atoms with Gasteiger partial charge in [-0.05, 0) is 0 Å². The van der Waals surface area contributed by atoms with Crippen molar-refractivity contribution in [3.05, 3.63) is 0 Å². The second-order valence-corrected chi connectivity index (χ2v) is 15.8. The summed E-state index contributed by atoms with van der Waals surface area (Å²) in [6.45, 7) is 14.0. The number of rotatable bonds is 2. The first-order valence-electron chi connectivity index (χ1n) is 3.65. The number of thiol groups is 1. The predicted octanol–water partition coefficient (Wildman–Crippen LogP) is 2.80. The van der Waals surface area contributed by atoms with Gasteiger partial charge in [-0.3, -0.25) is 3.64 Å². The molecule has 10 heavy (non-hydrogen) atoms. The van der Waals surface area contributed by atoms with E-state index in [1.165, 1.54) is 0 Å². The van der Waals surface area contributed by atoms with Crippen LogP contribution in [0.2, 0.25) is 39.3 Å². The largest absolute Gasteiger partial charge is 0.295 e. The Hall–Kier alpha value is 0.744. The highest BCUT2D eigenvalue weighted by Crippen LogP contribution is 2.20. The molecule has 62 valence electrons. The van der Waals surface area contributed by atoms with Gasteiger partial charge in [-0.25, -0.2) is 0 Å². The summed E-state index contributed by atoms with van der Waals surface area (Å²) in [6, 6.07) is 0. The molecule has 0 N–H and O–H groups in total. The van der Waals surface area contributed by atoms with Gasteiger partial charge in [-0.1, -0.05) is 39.3 Å². The van der Waals surface area contributed by atoms with Gasteiger partial charge in [0.1, 0.15) is 16.5 Å². The summed E-state index contributed by atoms with van der Waals surface area (Å²) in [5, 5.41) is 0. The standard InChI is InChI=1S/C6H19NSSi2/c1-9(2,3)7(8)10(4,5)6/h8H,1-6H3.